The van der Waals surface area contributed by atoms with Gasteiger partial charge in [-0.2, -0.15) is 31.6 Å². The van der Waals surface area contributed by atoms with Crippen molar-refractivity contribution in [1.29, 1.82) is 5.26 Å². The van der Waals surface area contributed by atoms with Gasteiger partial charge >= 0.3 is 12.4 Å². The summed E-state index contributed by atoms with van der Waals surface area (Å²) in [5.74, 6) is 0. The number of nitrogens with zero attached hydrogens (tertiary/aromatic N) is 3. The molecule has 0 saturated carbocycles. The van der Waals surface area contributed by atoms with E-state index in [4.69, 9.17) is 0 Å². The summed E-state index contributed by atoms with van der Waals surface area (Å²) in [6, 6.07) is 63.8. The van der Waals surface area contributed by atoms with Crippen molar-refractivity contribution in [1.82, 2.24) is 9.13 Å². The van der Waals surface area contributed by atoms with Crippen LogP contribution < -0.4 is 0 Å². The Morgan fingerprint density at radius 1 is 0.329 bits per heavy atom. The van der Waals surface area contributed by atoms with E-state index in [9.17, 15) is 5.26 Å². The van der Waals surface area contributed by atoms with Crippen LogP contribution in [0.2, 0.25) is 0 Å². The smallest absolute Gasteiger partial charge is 0.309 e. The van der Waals surface area contributed by atoms with Crippen LogP contribution in [0.15, 0.2) is 200 Å². The first-order valence-electron chi connectivity index (χ1n) is 24.8. The van der Waals surface area contributed by atoms with Gasteiger partial charge in [-0.3, -0.25) is 0 Å². The van der Waals surface area contributed by atoms with Crippen LogP contribution in [0.25, 0.3) is 111 Å². The van der Waals surface area contributed by atoms with Gasteiger partial charge in [0.2, 0.25) is 0 Å². The highest BCUT2D eigenvalue weighted by atomic mass is 19.4. The molecule has 0 N–H and O–H groups in total. The summed E-state index contributed by atoms with van der Waals surface area (Å²) in [5.41, 5.74) is 11.4. The lowest BCUT2D eigenvalue weighted by atomic mass is 9.95. The molecule has 2 heterocycles. The number of halogens is 6. The molecule has 9 heteroatoms. The van der Waals surface area contributed by atoms with Crippen LogP contribution in [0.4, 0.5) is 26.3 Å². The molecule has 0 spiro atoms. The highest BCUT2D eigenvalue weighted by molar-refractivity contribution is 6.13. The van der Waals surface area contributed by atoms with Gasteiger partial charge < -0.3 is 9.13 Å². The Morgan fingerprint density at radius 2 is 0.645 bits per heavy atom. The summed E-state index contributed by atoms with van der Waals surface area (Å²) in [5, 5.41) is 14.8. The largest absolute Gasteiger partial charge is 0.416 e. The van der Waals surface area contributed by atoms with Gasteiger partial charge in [0, 0.05) is 27.1 Å². The molecule has 0 unspecified atom stereocenters. The van der Waals surface area contributed by atoms with E-state index < -0.39 is 23.5 Å². The molecule has 0 bridgehead atoms. The number of benzene rings is 10. The van der Waals surface area contributed by atoms with Crippen molar-refractivity contribution in [2.75, 3.05) is 0 Å². The Labute approximate surface area is 434 Å². The maximum atomic E-state index is 15.1. The van der Waals surface area contributed by atoms with Crippen molar-refractivity contribution in [3.63, 3.8) is 0 Å². The molecule has 0 aliphatic heterocycles. The average Bonchev–Trinajstić information content (AvgIpc) is 3.97. The van der Waals surface area contributed by atoms with Crippen LogP contribution in [0.1, 0.15) is 38.9 Å². The van der Waals surface area contributed by atoms with Crippen LogP contribution in [0, 0.1) is 39.0 Å². The number of aromatic nitrogens is 2. The zero-order valence-electron chi connectivity index (χ0n) is 41.7. The molecule has 3 nitrogen and oxygen atoms in total. The molecule has 0 atom stereocenters. The maximum absolute atomic E-state index is 15.1. The molecule has 0 amide bonds. The lowest BCUT2D eigenvalue weighted by Gasteiger charge is -2.21. The van der Waals surface area contributed by atoms with Gasteiger partial charge in [0.1, 0.15) is 6.07 Å². The minimum Gasteiger partial charge on any atom is -0.309 e. The third-order valence-electron chi connectivity index (χ3n) is 14.6. The predicted octanol–water partition coefficient (Wildman–Crippen LogP) is 19.4. The summed E-state index contributed by atoms with van der Waals surface area (Å²) < 4.78 is 94.2. The van der Waals surface area contributed by atoms with Gasteiger partial charge in [0.25, 0.3) is 0 Å². The quantitative estimate of drug-likeness (QED) is 0.147. The topological polar surface area (TPSA) is 33.6 Å². The van der Waals surface area contributed by atoms with E-state index in [1.165, 1.54) is 0 Å². The van der Waals surface area contributed by atoms with Crippen LogP contribution in [0.5, 0.6) is 0 Å². The molecule has 0 fully saturated rings. The Morgan fingerprint density at radius 3 is 0.947 bits per heavy atom. The van der Waals surface area contributed by atoms with Gasteiger partial charge in [0.15, 0.2) is 0 Å². The lowest BCUT2D eigenvalue weighted by Crippen LogP contribution is -2.11. The van der Waals surface area contributed by atoms with E-state index in [0.29, 0.717) is 22.1 Å². The molecule has 0 aliphatic rings. The van der Waals surface area contributed by atoms with Crippen molar-refractivity contribution >= 4 is 43.6 Å². The fourth-order valence-corrected chi connectivity index (χ4v) is 11.0. The first kappa shape index (κ1) is 47.8. The van der Waals surface area contributed by atoms with Crippen LogP contribution in [-0.4, -0.2) is 9.13 Å². The average molecular weight is 1010 g/mol. The first-order chi connectivity index (χ1) is 36.5. The highest BCUT2D eigenvalue weighted by Gasteiger charge is 2.38. The standard InChI is InChI=1S/C67H45F6N3/c1-39-9-5-13-43(25-39)47-17-21-55-56-22-18-48(44-14-6-10-40(2)26-44)32-62(56)75(61(55)31-47)60-37-59(51-29-53(66(68,69)70)36-54(30-51)67(71,72)73)65(35-52(60)38-74)76-63-33-49(45-15-7-11-41(3)27-45)19-23-57(63)58-24-20-50(34-64(58)76)46-16-8-12-42(4)28-46/h5-37H,1-4H3. The van der Waals surface area contributed by atoms with E-state index in [-0.39, 0.29) is 34.1 Å². The minimum absolute atomic E-state index is 0.0472. The number of hydrogen-bond donors (Lipinski definition) is 0. The highest BCUT2D eigenvalue weighted by Crippen LogP contribution is 2.46. The van der Waals surface area contributed by atoms with Crippen molar-refractivity contribution < 1.29 is 26.3 Å². The fourth-order valence-electron chi connectivity index (χ4n) is 11.0. The lowest BCUT2D eigenvalue weighted by molar-refractivity contribution is -0.143. The zero-order chi connectivity index (χ0) is 52.8. The molecule has 0 saturated heterocycles. The summed E-state index contributed by atoms with van der Waals surface area (Å²) in [4.78, 5) is 0. The first-order valence-corrected chi connectivity index (χ1v) is 24.8. The van der Waals surface area contributed by atoms with Crippen molar-refractivity contribution in [2.24, 2.45) is 0 Å². The SMILES string of the molecule is Cc1cccc(-c2ccc3c4ccc(-c5cccc(C)c5)cc4n(-c4cc(-c5cc(C(F)(F)F)cc(C(F)(F)F)c5)c(-n5c6cc(-c7cccc(C)c7)ccc6c6ccc(-c7cccc(C)c7)cc65)cc4C#N)c3c2)c1. The van der Waals surface area contributed by atoms with Gasteiger partial charge in [-0.05, 0) is 132 Å². The Kier molecular flexibility index (Phi) is 11.4. The summed E-state index contributed by atoms with van der Waals surface area (Å²) >= 11 is 0. The monoisotopic (exact) mass is 1010 g/mol. The third kappa shape index (κ3) is 8.46. The number of alkyl halides is 6. The number of aryl methyl sites for hydroxylation is 4. The predicted molar refractivity (Wildman–Crippen MR) is 296 cm³/mol. The Hall–Kier alpha value is -9.13. The van der Waals surface area contributed by atoms with Crippen LogP contribution in [-0.2, 0) is 12.4 Å². The minimum atomic E-state index is -5.14. The Balaban J connectivity index is 1.24. The molecule has 10 aromatic carbocycles. The molecule has 370 valence electrons. The maximum Gasteiger partial charge on any atom is 0.416 e. The van der Waals surface area contributed by atoms with E-state index in [1.54, 1.807) is 12.1 Å². The van der Waals surface area contributed by atoms with Crippen molar-refractivity contribution in [3.05, 3.63) is 239 Å². The number of hydrogen-bond acceptors (Lipinski definition) is 1. The van der Waals surface area contributed by atoms with E-state index in [1.807, 2.05) is 182 Å². The fraction of sp³-hybridized carbons (Fsp3) is 0.0896. The summed E-state index contributed by atoms with van der Waals surface area (Å²) in [6.07, 6.45) is -10.3. The second-order valence-corrected chi connectivity index (χ2v) is 19.9. The van der Waals surface area contributed by atoms with Crippen molar-refractivity contribution in [3.8, 4) is 73.1 Å². The number of nitriles is 1. The zero-order valence-corrected chi connectivity index (χ0v) is 41.7. The second-order valence-electron chi connectivity index (χ2n) is 19.9. The van der Waals surface area contributed by atoms with Gasteiger partial charge in [0.05, 0.1) is 50.1 Å². The third-order valence-corrected chi connectivity index (χ3v) is 14.6. The van der Waals surface area contributed by atoms with E-state index in [2.05, 4.69) is 30.3 Å². The molecule has 76 heavy (non-hydrogen) atoms. The van der Waals surface area contributed by atoms with E-state index in [0.717, 1.165) is 100 Å². The van der Waals surface area contributed by atoms with Crippen LogP contribution >= 0.6 is 0 Å². The van der Waals surface area contributed by atoms with Gasteiger partial charge in [-0.25, -0.2) is 0 Å². The summed E-state index contributed by atoms with van der Waals surface area (Å²) in [7, 11) is 0. The van der Waals surface area contributed by atoms with E-state index >= 15 is 26.3 Å². The normalized spacial score (nSPS) is 12.1. The Bertz CT molecular complexity index is 4150. The van der Waals surface area contributed by atoms with Crippen molar-refractivity contribution in [2.45, 2.75) is 40.0 Å². The van der Waals surface area contributed by atoms with Crippen LogP contribution in [0.3, 0.4) is 0 Å². The van der Waals surface area contributed by atoms with Gasteiger partial charge in [-0.15, -0.1) is 0 Å². The number of fused-ring (bicyclic) bond motifs is 6. The number of rotatable bonds is 7. The molecule has 0 aliphatic carbocycles. The molecule has 12 aromatic rings. The second kappa shape index (κ2) is 18.1. The van der Waals surface area contributed by atoms with Gasteiger partial charge in [-0.1, -0.05) is 168 Å². The molecule has 2 aromatic heterocycles. The summed E-state index contributed by atoms with van der Waals surface area (Å²) in [6.45, 7) is 8.01. The molecule has 0 radical (unpaired) electrons. The molecular weight excluding hydrogens is 961 g/mol. The molecular formula is C67H45F6N3. The molecule has 12 rings (SSSR count).